The lowest BCUT2D eigenvalue weighted by atomic mass is 9.97. The normalized spacial score (nSPS) is 19.1. The van der Waals surface area contributed by atoms with Crippen LogP contribution in [0.25, 0.3) is 6.08 Å². The number of carboxylic acids is 1. The third-order valence-corrected chi connectivity index (χ3v) is 5.94. The highest BCUT2D eigenvalue weighted by Crippen LogP contribution is 2.32. The zero-order chi connectivity index (χ0) is 21.0. The molecule has 2 heterocycles. The number of nitrogens with zero attached hydrogens (tertiary/aromatic N) is 2. The Morgan fingerprint density at radius 3 is 2.45 bits per heavy atom. The van der Waals surface area contributed by atoms with Gasteiger partial charge < -0.3 is 14.7 Å². The van der Waals surface area contributed by atoms with E-state index in [-0.39, 0.29) is 18.9 Å². The molecule has 0 spiro atoms. The predicted molar refractivity (Wildman–Crippen MR) is 107 cm³/mol. The van der Waals surface area contributed by atoms with Crippen molar-refractivity contribution < 1.29 is 29.0 Å². The van der Waals surface area contributed by atoms with E-state index in [1.54, 1.807) is 42.4 Å². The summed E-state index contributed by atoms with van der Waals surface area (Å²) in [6, 6.07) is 7.11. The molecular formula is C20H22N2O6S. The molecule has 29 heavy (non-hydrogen) atoms. The second-order valence-electron chi connectivity index (χ2n) is 6.85. The average Bonchev–Trinajstić information content (AvgIpc) is 2.99. The SMILES string of the molecule is COc1ccc(C=C2SC(=O)N(CCC(=O)N3CCC(C(=O)O)CC3)C2=O)cc1. The third kappa shape index (κ3) is 4.97. The maximum absolute atomic E-state index is 12.6. The Labute approximate surface area is 172 Å². The summed E-state index contributed by atoms with van der Waals surface area (Å²) >= 11 is 0.854. The number of amides is 3. The maximum Gasteiger partial charge on any atom is 0.306 e. The number of imide groups is 1. The van der Waals surface area contributed by atoms with Gasteiger partial charge in [-0.25, -0.2) is 0 Å². The Balaban J connectivity index is 1.55. The van der Waals surface area contributed by atoms with Crippen molar-refractivity contribution in [2.24, 2.45) is 5.92 Å². The molecule has 0 unspecified atom stereocenters. The summed E-state index contributed by atoms with van der Waals surface area (Å²) in [6.07, 6.45) is 2.52. The summed E-state index contributed by atoms with van der Waals surface area (Å²) in [5.41, 5.74) is 0.772. The fourth-order valence-electron chi connectivity index (χ4n) is 3.29. The van der Waals surface area contributed by atoms with E-state index in [2.05, 4.69) is 0 Å². The molecule has 0 bridgehead atoms. The van der Waals surface area contributed by atoms with Crippen molar-refractivity contribution in [1.29, 1.82) is 0 Å². The van der Waals surface area contributed by atoms with Crippen LogP contribution in [0.1, 0.15) is 24.8 Å². The summed E-state index contributed by atoms with van der Waals surface area (Å²) in [5, 5.41) is 8.63. The number of hydrogen-bond donors (Lipinski definition) is 1. The number of hydrogen-bond acceptors (Lipinski definition) is 6. The number of carbonyl (C=O) groups excluding carboxylic acids is 3. The highest BCUT2D eigenvalue weighted by molar-refractivity contribution is 8.18. The number of thioether (sulfide) groups is 1. The van der Waals surface area contributed by atoms with Gasteiger partial charge in [0, 0.05) is 26.1 Å². The Bertz CT molecular complexity index is 843. The molecule has 1 N–H and O–H groups in total. The minimum atomic E-state index is -0.835. The van der Waals surface area contributed by atoms with E-state index < -0.39 is 23.0 Å². The van der Waals surface area contributed by atoms with Gasteiger partial charge in [-0.3, -0.25) is 24.1 Å². The van der Waals surface area contributed by atoms with Crippen LogP contribution in [0.2, 0.25) is 0 Å². The molecule has 2 aliphatic rings. The van der Waals surface area contributed by atoms with Gasteiger partial charge in [0.2, 0.25) is 5.91 Å². The van der Waals surface area contributed by atoms with E-state index in [0.29, 0.717) is 36.6 Å². The first-order chi connectivity index (χ1) is 13.9. The molecule has 9 heteroatoms. The van der Waals surface area contributed by atoms with E-state index in [1.165, 1.54) is 0 Å². The minimum Gasteiger partial charge on any atom is -0.497 e. The molecule has 2 aliphatic heterocycles. The monoisotopic (exact) mass is 418 g/mol. The van der Waals surface area contributed by atoms with E-state index in [4.69, 9.17) is 9.84 Å². The predicted octanol–water partition coefficient (Wildman–Crippen LogP) is 2.44. The van der Waals surface area contributed by atoms with Gasteiger partial charge in [-0.05, 0) is 48.4 Å². The van der Waals surface area contributed by atoms with Crippen LogP contribution in [0, 0.1) is 5.92 Å². The van der Waals surface area contributed by atoms with Crippen molar-refractivity contribution >= 4 is 40.9 Å². The number of ether oxygens (including phenoxy) is 1. The molecule has 0 atom stereocenters. The lowest BCUT2D eigenvalue weighted by Crippen LogP contribution is -2.42. The Kier molecular flexibility index (Phi) is 6.58. The standard InChI is InChI=1S/C20H22N2O6S/c1-28-15-4-2-13(3-5-15)12-16-18(24)22(20(27)29-16)11-8-17(23)21-9-6-14(7-10-21)19(25)26/h2-5,12,14H,6-11H2,1H3,(H,25,26). The molecule has 3 rings (SSSR count). The number of carbonyl (C=O) groups is 4. The quantitative estimate of drug-likeness (QED) is 0.708. The number of piperidine rings is 1. The Morgan fingerprint density at radius 1 is 1.21 bits per heavy atom. The van der Waals surface area contributed by atoms with Gasteiger partial charge in [0.1, 0.15) is 5.75 Å². The van der Waals surface area contributed by atoms with Crippen molar-refractivity contribution in [3.63, 3.8) is 0 Å². The average molecular weight is 418 g/mol. The first-order valence-electron chi connectivity index (χ1n) is 9.29. The van der Waals surface area contributed by atoms with Crippen LogP contribution in [0.15, 0.2) is 29.2 Å². The summed E-state index contributed by atoms with van der Waals surface area (Å²) in [7, 11) is 1.57. The van der Waals surface area contributed by atoms with Crippen molar-refractivity contribution in [3.8, 4) is 5.75 Å². The van der Waals surface area contributed by atoms with Crippen LogP contribution in [0.5, 0.6) is 5.75 Å². The third-order valence-electron chi connectivity index (χ3n) is 5.03. The van der Waals surface area contributed by atoms with Gasteiger partial charge in [0.15, 0.2) is 0 Å². The van der Waals surface area contributed by atoms with Gasteiger partial charge in [-0.1, -0.05) is 12.1 Å². The molecule has 154 valence electrons. The smallest absolute Gasteiger partial charge is 0.306 e. The highest BCUT2D eigenvalue weighted by atomic mass is 32.2. The number of carboxylic acid groups (broad SMARTS) is 1. The molecule has 1 aromatic rings. The van der Waals surface area contributed by atoms with Crippen LogP contribution in [-0.2, 0) is 14.4 Å². The lowest BCUT2D eigenvalue weighted by Gasteiger charge is -2.30. The first kappa shape index (κ1) is 20.9. The summed E-state index contributed by atoms with van der Waals surface area (Å²) in [4.78, 5) is 51.1. The molecule has 3 amide bonds. The zero-order valence-corrected chi connectivity index (χ0v) is 16.8. The molecular weight excluding hydrogens is 396 g/mol. The zero-order valence-electron chi connectivity index (χ0n) is 16.0. The maximum atomic E-state index is 12.6. The summed E-state index contributed by atoms with van der Waals surface area (Å²) in [5.74, 6) is -1.14. The molecule has 2 fully saturated rings. The number of rotatable bonds is 6. The van der Waals surface area contributed by atoms with Crippen molar-refractivity contribution in [1.82, 2.24) is 9.80 Å². The van der Waals surface area contributed by atoms with Crippen LogP contribution in [-0.4, -0.2) is 64.7 Å². The molecule has 0 aliphatic carbocycles. The molecule has 0 aromatic heterocycles. The second kappa shape index (κ2) is 9.13. The fraction of sp³-hybridized carbons (Fsp3) is 0.400. The largest absolute Gasteiger partial charge is 0.497 e. The van der Waals surface area contributed by atoms with Gasteiger partial charge in [-0.15, -0.1) is 0 Å². The molecule has 0 saturated carbocycles. The van der Waals surface area contributed by atoms with Gasteiger partial charge in [0.25, 0.3) is 11.1 Å². The van der Waals surface area contributed by atoms with Crippen molar-refractivity contribution in [3.05, 3.63) is 34.7 Å². The second-order valence-corrected chi connectivity index (χ2v) is 7.84. The van der Waals surface area contributed by atoms with E-state index >= 15 is 0 Å². The van der Waals surface area contributed by atoms with Gasteiger partial charge in [0.05, 0.1) is 17.9 Å². The molecule has 2 saturated heterocycles. The fourth-order valence-corrected chi connectivity index (χ4v) is 4.15. The number of methoxy groups -OCH3 is 1. The van der Waals surface area contributed by atoms with E-state index in [1.807, 2.05) is 0 Å². The Morgan fingerprint density at radius 2 is 1.86 bits per heavy atom. The summed E-state index contributed by atoms with van der Waals surface area (Å²) < 4.78 is 5.10. The van der Waals surface area contributed by atoms with Crippen molar-refractivity contribution in [2.45, 2.75) is 19.3 Å². The van der Waals surface area contributed by atoms with E-state index in [9.17, 15) is 19.2 Å². The van der Waals surface area contributed by atoms with Crippen LogP contribution in [0.3, 0.4) is 0 Å². The first-order valence-corrected chi connectivity index (χ1v) is 10.1. The molecule has 8 nitrogen and oxygen atoms in total. The van der Waals surface area contributed by atoms with Crippen LogP contribution in [0.4, 0.5) is 4.79 Å². The van der Waals surface area contributed by atoms with Crippen LogP contribution >= 0.6 is 11.8 Å². The lowest BCUT2D eigenvalue weighted by molar-refractivity contribution is -0.145. The Hall–Kier alpha value is -2.81. The van der Waals surface area contributed by atoms with Gasteiger partial charge >= 0.3 is 5.97 Å². The summed E-state index contributed by atoms with van der Waals surface area (Å²) in [6.45, 7) is 0.784. The highest BCUT2D eigenvalue weighted by Gasteiger charge is 2.35. The molecule has 0 radical (unpaired) electrons. The van der Waals surface area contributed by atoms with E-state index in [0.717, 1.165) is 22.2 Å². The topological polar surface area (TPSA) is 104 Å². The van der Waals surface area contributed by atoms with Crippen LogP contribution < -0.4 is 4.74 Å². The number of likely N-dealkylation sites (tertiary alicyclic amines) is 1. The van der Waals surface area contributed by atoms with Gasteiger partial charge in [-0.2, -0.15) is 0 Å². The number of benzene rings is 1. The number of aliphatic carboxylic acids is 1. The van der Waals surface area contributed by atoms with Crippen molar-refractivity contribution in [2.75, 3.05) is 26.7 Å². The minimum absolute atomic E-state index is 0.0162. The molecule has 1 aromatic carbocycles.